The van der Waals surface area contributed by atoms with Crippen molar-refractivity contribution in [3.63, 3.8) is 0 Å². The van der Waals surface area contributed by atoms with Crippen molar-refractivity contribution in [3.05, 3.63) is 57.3 Å². The maximum absolute atomic E-state index is 12.8. The van der Waals surface area contributed by atoms with E-state index in [1.165, 1.54) is 6.07 Å². The van der Waals surface area contributed by atoms with Gasteiger partial charge in [0.1, 0.15) is 5.76 Å². The lowest BCUT2D eigenvalue weighted by molar-refractivity contribution is -0.165. The summed E-state index contributed by atoms with van der Waals surface area (Å²) >= 11 is 1.03. The minimum absolute atomic E-state index is 0.162. The number of carbonyl (C=O) groups is 1. The highest BCUT2D eigenvalue weighted by Crippen LogP contribution is 2.28. The van der Waals surface area contributed by atoms with Gasteiger partial charge in [0.05, 0.1) is 16.1 Å². The van der Waals surface area contributed by atoms with Crippen LogP contribution in [-0.4, -0.2) is 23.3 Å². The van der Waals surface area contributed by atoms with Crippen molar-refractivity contribution in [1.29, 1.82) is 0 Å². The molecule has 0 aliphatic carbocycles. The average molecular weight is 353 g/mol. The third-order valence-corrected chi connectivity index (χ3v) is 4.09. The Morgan fingerprint density at radius 3 is 2.54 bits per heavy atom. The molecule has 0 fully saturated rings. The highest BCUT2D eigenvalue weighted by molar-refractivity contribution is 7.11. The number of benzene rings is 1. The first kappa shape index (κ1) is 17.9. The molecule has 3 nitrogen and oxygen atoms in total. The van der Waals surface area contributed by atoms with E-state index in [9.17, 15) is 23.1 Å². The smallest absolute Gasteiger partial charge is 0.455 e. The van der Waals surface area contributed by atoms with Crippen molar-refractivity contribution >= 4 is 34.8 Å². The van der Waals surface area contributed by atoms with Gasteiger partial charge >= 0.3 is 6.18 Å². The van der Waals surface area contributed by atoms with Crippen molar-refractivity contribution in [2.45, 2.75) is 20.0 Å². The number of aliphatic hydroxyl groups is 1. The van der Waals surface area contributed by atoms with E-state index < -0.39 is 23.3 Å². The van der Waals surface area contributed by atoms with E-state index in [1.807, 2.05) is 13.0 Å². The summed E-state index contributed by atoms with van der Waals surface area (Å²) < 4.78 is 38.5. The van der Waals surface area contributed by atoms with Gasteiger partial charge in [-0.05, 0) is 42.5 Å². The van der Waals surface area contributed by atoms with Gasteiger partial charge in [0.15, 0.2) is 0 Å². The van der Waals surface area contributed by atoms with Gasteiger partial charge in [0.25, 0.3) is 5.78 Å². The van der Waals surface area contributed by atoms with E-state index in [-0.39, 0.29) is 4.88 Å². The van der Waals surface area contributed by atoms with Crippen LogP contribution >= 0.6 is 11.3 Å². The molecule has 1 aromatic carbocycles. The molecule has 126 valence electrons. The number of Topliss-reactive ketones (excluding diaryl/α,β-unsaturated/α-hetero) is 1. The summed E-state index contributed by atoms with van der Waals surface area (Å²) in [6, 6.07) is 8.29. The van der Waals surface area contributed by atoms with Gasteiger partial charge in [-0.2, -0.15) is 13.2 Å². The third-order valence-electron chi connectivity index (χ3n) is 3.21. The fourth-order valence-electron chi connectivity index (χ4n) is 1.92. The van der Waals surface area contributed by atoms with Crippen LogP contribution in [0, 0.1) is 13.8 Å². The Bertz CT molecular complexity index is 806. The number of aliphatic imine (C=N–C) groups is 1. The molecule has 0 bridgehead atoms. The number of carbonyl (C=O) groups excluding carboxylic acids is 1. The predicted molar refractivity (Wildman–Crippen MR) is 89.0 cm³/mol. The predicted octanol–water partition coefficient (Wildman–Crippen LogP) is 5.17. The lowest BCUT2D eigenvalue weighted by Crippen LogP contribution is -2.26. The Morgan fingerprint density at radius 1 is 1.25 bits per heavy atom. The first-order valence-electron chi connectivity index (χ1n) is 6.90. The molecule has 0 spiro atoms. The van der Waals surface area contributed by atoms with Crippen LogP contribution in [0.15, 0.2) is 46.3 Å². The molecule has 0 aliphatic rings. The Hall–Kier alpha value is -2.41. The Labute approximate surface area is 140 Å². The largest absolute Gasteiger partial charge is 0.506 e. The van der Waals surface area contributed by atoms with E-state index in [0.717, 1.165) is 28.7 Å². The molecule has 0 unspecified atom stereocenters. The quantitative estimate of drug-likeness (QED) is 0.468. The number of nitrogens with zero attached hydrogens (tertiary/aromatic N) is 1. The highest BCUT2D eigenvalue weighted by atomic mass is 32.1. The summed E-state index contributed by atoms with van der Waals surface area (Å²) in [6.07, 6.45) is -4.33. The van der Waals surface area contributed by atoms with Crippen LogP contribution < -0.4 is 0 Å². The number of ketones is 1. The number of allylic oxidation sites excluding steroid dienone is 1. The van der Waals surface area contributed by atoms with Crippen molar-refractivity contribution in [2.24, 2.45) is 4.99 Å². The summed E-state index contributed by atoms with van der Waals surface area (Å²) in [6.45, 7) is 3.57. The summed E-state index contributed by atoms with van der Waals surface area (Å²) in [4.78, 5) is 15.8. The lowest BCUT2D eigenvalue weighted by atomic mass is 10.1. The Morgan fingerprint density at radius 2 is 1.96 bits per heavy atom. The first-order valence-corrected chi connectivity index (χ1v) is 7.78. The van der Waals surface area contributed by atoms with Crippen molar-refractivity contribution < 1.29 is 23.1 Å². The molecular weight excluding hydrogens is 339 g/mol. The van der Waals surface area contributed by atoms with Crippen LogP contribution in [-0.2, 0) is 4.79 Å². The number of aliphatic hydroxyl groups excluding tert-OH is 1. The molecule has 1 heterocycles. The zero-order chi connectivity index (χ0) is 17.9. The van der Waals surface area contributed by atoms with Crippen molar-refractivity contribution in [1.82, 2.24) is 0 Å². The topological polar surface area (TPSA) is 49.7 Å². The monoisotopic (exact) mass is 353 g/mol. The van der Waals surface area contributed by atoms with E-state index in [4.69, 9.17) is 0 Å². The zero-order valence-corrected chi connectivity index (χ0v) is 13.7. The second kappa shape index (κ2) is 7.00. The Kier molecular flexibility index (Phi) is 5.23. The van der Waals surface area contributed by atoms with Crippen LogP contribution in [0.1, 0.15) is 16.0 Å². The van der Waals surface area contributed by atoms with Crippen molar-refractivity contribution in [3.8, 4) is 0 Å². The van der Waals surface area contributed by atoms with Crippen LogP contribution in [0.4, 0.5) is 18.9 Å². The molecule has 2 rings (SSSR count). The SMILES string of the molecule is Cc1ccc(C)c(N=C/C(C(=O)C(F)(F)F)=C(\O)c2cccs2)c1. The molecule has 24 heavy (non-hydrogen) atoms. The van der Waals surface area contributed by atoms with Gasteiger partial charge in [0.2, 0.25) is 0 Å². The first-order chi connectivity index (χ1) is 11.2. The summed E-state index contributed by atoms with van der Waals surface area (Å²) in [5, 5.41) is 11.7. The minimum Gasteiger partial charge on any atom is -0.506 e. The second-order valence-corrected chi connectivity index (χ2v) is 6.06. The number of aryl methyl sites for hydroxylation is 2. The van der Waals surface area contributed by atoms with E-state index in [2.05, 4.69) is 4.99 Å². The number of alkyl halides is 3. The molecule has 1 N–H and O–H groups in total. The molecule has 0 radical (unpaired) electrons. The number of rotatable bonds is 4. The van der Waals surface area contributed by atoms with E-state index in [1.54, 1.807) is 30.5 Å². The third kappa shape index (κ3) is 4.11. The van der Waals surface area contributed by atoms with Gasteiger partial charge < -0.3 is 5.11 Å². The summed E-state index contributed by atoms with van der Waals surface area (Å²) in [5.41, 5.74) is 1.17. The summed E-state index contributed by atoms with van der Waals surface area (Å²) in [5.74, 6) is -2.87. The van der Waals surface area contributed by atoms with Gasteiger partial charge in [-0.1, -0.05) is 18.2 Å². The van der Waals surface area contributed by atoms with Crippen LogP contribution in [0.5, 0.6) is 0 Å². The standard InChI is InChI=1S/C17H14F3NO2S/c1-10-5-6-11(2)13(8-10)21-9-12(16(23)17(18,19)20)15(22)14-4-3-7-24-14/h3-9,22H,1-2H3/b15-12+,21-9?. The minimum atomic E-state index is -5.10. The van der Waals surface area contributed by atoms with Crippen LogP contribution in [0.25, 0.3) is 5.76 Å². The van der Waals surface area contributed by atoms with Crippen LogP contribution in [0.3, 0.4) is 0 Å². The number of halogens is 3. The molecule has 0 saturated heterocycles. The molecule has 0 aliphatic heterocycles. The van der Waals surface area contributed by atoms with Crippen LogP contribution in [0.2, 0.25) is 0 Å². The fraction of sp³-hybridized carbons (Fsp3) is 0.176. The number of hydrogen-bond acceptors (Lipinski definition) is 4. The molecule has 0 amide bonds. The van der Waals surface area contributed by atoms with Gasteiger partial charge in [-0.15, -0.1) is 11.3 Å². The maximum atomic E-state index is 12.8. The van der Waals surface area contributed by atoms with Gasteiger partial charge in [0, 0.05) is 6.21 Å². The number of hydrogen-bond donors (Lipinski definition) is 1. The molecular formula is C17H14F3NO2S. The molecule has 1 aromatic heterocycles. The summed E-state index contributed by atoms with van der Waals surface area (Å²) in [7, 11) is 0. The average Bonchev–Trinajstić information content (AvgIpc) is 3.03. The van der Waals surface area contributed by atoms with Crippen molar-refractivity contribution in [2.75, 3.05) is 0 Å². The molecule has 0 atom stereocenters. The normalized spacial score (nSPS) is 13.2. The fourth-order valence-corrected chi connectivity index (χ4v) is 2.60. The van der Waals surface area contributed by atoms with Gasteiger partial charge in [-0.3, -0.25) is 9.79 Å². The molecule has 7 heteroatoms. The van der Waals surface area contributed by atoms with E-state index in [0.29, 0.717) is 5.69 Å². The van der Waals surface area contributed by atoms with Gasteiger partial charge in [-0.25, -0.2) is 0 Å². The maximum Gasteiger partial charge on any atom is 0.455 e. The molecule has 0 saturated carbocycles. The second-order valence-electron chi connectivity index (χ2n) is 5.11. The number of thiophene rings is 1. The molecule has 2 aromatic rings. The lowest BCUT2D eigenvalue weighted by Gasteiger charge is -2.08. The zero-order valence-electron chi connectivity index (χ0n) is 12.9. The Balaban J connectivity index is 2.52. The van der Waals surface area contributed by atoms with E-state index >= 15 is 0 Å². The highest BCUT2D eigenvalue weighted by Gasteiger charge is 2.41.